The van der Waals surface area contributed by atoms with Gasteiger partial charge in [-0.3, -0.25) is 4.90 Å². The largest absolute Gasteiger partial charge is 0.377 e. The lowest BCUT2D eigenvalue weighted by Gasteiger charge is -2.64. The molecular formula is C20H38BNO. The summed E-state index contributed by atoms with van der Waals surface area (Å²) >= 11 is 0. The molecule has 23 heavy (non-hydrogen) atoms. The molecule has 0 amide bonds. The Labute approximate surface area is 145 Å². The lowest BCUT2D eigenvalue weighted by Crippen LogP contribution is -2.73. The van der Waals surface area contributed by atoms with Gasteiger partial charge in [-0.1, -0.05) is 45.9 Å². The monoisotopic (exact) mass is 319 g/mol. The number of ether oxygens (including phenoxy) is 1. The lowest BCUT2D eigenvalue weighted by atomic mass is 9.50. The Morgan fingerprint density at radius 2 is 1.74 bits per heavy atom. The summed E-state index contributed by atoms with van der Waals surface area (Å²) in [5.74, 6) is 3.38. The van der Waals surface area contributed by atoms with Gasteiger partial charge in [0, 0.05) is 6.04 Å². The smallest absolute Gasteiger partial charge is 0.105 e. The van der Waals surface area contributed by atoms with E-state index in [1.807, 2.05) is 0 Å². The van der Waals surface area contributed by atoms with Crippen LogP contribution in [0.4, 0.5) is 0 Å². The van der Waals surface area contributed by atoms with Gasteiger partial charge in [0.1, 0.15) is 7.85 Å². The molecule has 4 unspecified atom stereocenters. The molecule has 0 radical (unpaired) electrons. The fourth-order valence-electron chi connectivity index (χ4n) is 6.37. The molecule has 2 heterocycles. The van der Waals surface area contributed by atoms with Crippen molar-refractivity contribution >= 4 is 7.85 Å². The molecule has 132 valence electrons. The van der Waals surface area contributed by atoms with Crippen LogP contribution >= 0.6 is 0 Å². The number of fused-ring (bicyclic) bond motifs is 2. The van der Waals surface area contributed by atoms with Gasteiger partial charge < -0.3 is 4.74 Å². The summed E-state index contributed by atoms with van der Waals surface area (Å²) in [7, 11) is 2.49. The van der Waals surface area contributed by atoms with E-state index in [0.29, 0.717) is 17.0 Å². The van der Waals surface area contributed by atoms with Gasteiger partial charge in [0.2, 0.25) is 0 Å². The van der Waals surface area contributed by atoms with Crippen LogP contribution in [0.5, 0.6) is 0 Å². The van der Waals surface area contributed by atoms with Crippen molar-refractivity contribution in [3.63, 3.8) is 0 Å². The molecule has 0 aromatic carbocycles. The van der Waals surface area contributed by atoms with Crippen molar-refractivity contribution < 1.29 is 4.74 Å². The quantitative estimate of drug-likeness (QED) is 0.719. The van der Waals surface area contributed by atoms with Crippen LogP contribution in [-0.4, -0.2) is 44.1 Å². The van der Waals surface area contributed by atoms with Crippen LogP contribution in [-0.2, 0) is 4.74 Å². The van der Waals surface area contributed by atoms with E-state index in [9.17, 15) is 0 Å². The van der Waals surface area contributed by atoms with Crippen molar-refractivity contribution in [2.45, 2.75) is 84.1 Å². The molecule has 1 saturated carbocycles. The molecule has 3 fully saturated rings. The minimum atomic E-state index is 0.355. The number of rotatable bonds is 2. The van der Waals surface area contributed by atoms with E-state index >= 15 is 0 Å². The first-order valence-electron chi connectivity index (χ1n) is 10.2. The summed E-state index contributed by atoms with van der Waals surface area (Å²) < 4.78 is 5.83. The number of likely N-dealkylation sites (tertiary alicyclic amines) is 1. The van der Waals surface area contributed by atoms with E-state index in [4.69, 9.17) is 4.74 Å². The third-order valence-electron chi connectivity index (χ3n) is 7.92. The summed E-state index contributed by atoms with van der Waals surface area (Å²) in [6.45, 7) is 15.6. The zero-order valence-electron chi connectivity index (χ0n) is 16.4. The first-order chi connectivity index (χ1) is 10.8. The first-order valence-corrected chi connectivity index (χ1v) is 10.2. The summed E-state index contributed by atoms with van der Waals surface area (Å²) in [4.78, 5) is 2.81. The van der Waals surface area contributed by atoms with Gasteiger partial charge >= 0.3 is 0 Å². The molecule has 2 saturated heterocycles. The van der Waals surface area contributed by atoms with E-state index in [0.717, 1.165) is 36.8 Å². The minimum Gasteiger partial charge on any atom is -0.377 e. The van der Waals surface area contributed by atoms with E-state index in [2.05, 4.69) is 47.4 Å². The Bertz CT molecular complexity index is 420. The van der Waals surface area contributed by atoms with Crippen molar-refractivity contribution in [3.05, 3.63) is 0 Å². The molecule has 4 atom stereocenters. The predicted octanol–water partition coefficient (Wildman–Crippen LogP) is 3.76. The Balaban J connectivity index is 1.96. The molecule has 1 spiro atoms. The molecule has 2 aliphatic heterocycles. The Hall–Kier alpha value is -0.0151. The zero-order chi connectivity index (χ0) is 16.8. The van der Waals surface area contributed by atoms with Crippen LogP contribution in [0.2, 0.25) is 5.82 Å². The SMILES string of the molecule is BC1CCCC2C(CCN(C(C)C)C23COC3)C(C)(C(C)C)C1. The lowest BCUT2D eigenvalue weighted by molar-refractivity contribution is -0.224. The first kappa shape index (κ1) is 17.8. The van der Waals surface area contributed by atoms with Crippen molar-refractivity contribution in [1.29, 1.82) is 0 Å². The topological polar surface area (TPSA) is 12.5 Å². The Morgan fingerprint density at radius 3 is 2.26 bits per heavy atom. The minimum absolute atomic E-state index is 0.355. The molecule has 0 aromatic rings. The van der Waals surface area contributed by atoms with Crippen LogP contribution < -0.4 is 0 Å². The second-order valence-corrected chi connectivity index (χ2v) is 9.79. The maximum absolute atomic E-state index is 5.83. The number of hydrogen-bond donors (Lipinski definition) is 0. The highest BCUT2D eigenvalue weighted by Crippen LogP contribution is 2.57. The summed E-state index contributed by atoms with van der Waals surface area (Å²) in [5, 5.41) is 0. The molecule has 0 aromatic heterocycles. The Kier molecular flexibility index (Phi) is 4.93. The average molecular weight is 319 g/mol. The summed E-state index contributed by atoms with van der Waals surface area (Å²) in [6.07, 6.45) is 7.08. The van der Waals surface area contributed by atoms with Crippen LogP contribution in [0.25, 0.3) is 0 Å². The number of nitrogens with zero attached hydrogens (tertiary/aromatic N) is 1. The van der Waals surface area contributed by atoms with Gasteiger partial charge in [-0.15, -0.1) is 0 Å². The highest BCUT2D eigenvalue weighted by Gasteiger charge is 2.59. The molecule has 1 aliphatic carbocycles. The number of piperidine rings is 1. The van der Waals surface area contributed by atoms with Gasteiger partial charge in [0.25, 0.3) is 0 Å². The van der Waals surface area contributed by atoms with E-state index in [-0.39, 0.29) is 0 Å². The van der Waals surface area contributed by atoms with Crippen LogP contribution in [0.15, 0.2) is 0 Å². The van der Waals surface area contributed by atoms with Gasteiger partial charge in [-0.2, -0.15) is 0 Å². The van der Waals surface area contributed by atoms with Gasteiger partial charge in [-0.05, 0) is 56.4 Å². The van der Waals surface area contributed by atoms with Crippen molar-refractivity contribution in [1.82, 2.24) is 4.90 Å². The molecular weight excluding hydrogens is 281 g/mol. The molecule has 2 nitrogen and oxygen atoms in total. The highest BCUT2D eigenvalue weighted by atomic mass is 16.5. The zero-order valence-corrected chi connectivity index (χ0v) is 16.4. The van der Waals surface area contributed by atoms with Crippen LogP contribution in [0.3, 0.4) is 0 Å². The van der Waals surface area contributed by atoms with Crippen LogP contribution in [0, 0.1) is 23.2 Å². The van der Waals surface area contributed by atoms with E-state index in [1.54, 1.807) is 0 Å². The second-order valence-electron chi connectivity index (χ2n) is 9.79. The fraction of sp³-hybridized carbons (Fsp3) is 1.00. The van der Waals surface area contributed by atoms with Crippen molar-refractivity contribution in [3.8, 4) is 0 Å². The normalized spacial score (nSPS) is 41.4. The predicted molar refractivity (Wildman–Crippen MR) is 101 cm³/mol. The molecule has 3 rings (SSSR count). The molecule has 0 bridgehead atoms. The fourth-order valence-corrected chi connectivity index (χ4v) is 6.37. The van der Waals surface area contributed by atoms with E-state index < -0.39 is 0 Å². The Morgan fingerprint density at radius 1 is 1.04 bits per heavy atom. The average Bonchev–Trinajstić information content (AvgIpc) is 2.42. The highest BCUT2D eigenvalue weighted by molar-refractivity contribution is 6.11. The summed E-state index contributed by atoms with van der Waals surface area (Å²) in [6, 6.07) is 0.648. The number of hydrogen-bond acceptors (Lipinski definition) is 2. The van der Waals surface area contributed by atoms with Gasteiger partial charge in [0.05, 0.1) is 18.8 Å². The molecule has 3 aliphatic rings. The van der Waals surface area contributed by atoms with E-state index in [1.165, 1.54) is 38.6 Å². The maximum atomic E-state index is 5.83. The van der Waals surface area contributed by atoms with Crippen molar-refractivity contribution in [2.24, 2.45) is 23.2 Å². The third-order valence-corrected chi connectivity index (χ3v) is 7.92. The third kappa shape index (κ3) is 2.80. The van der Waals surface area contributed by atoms with Gasteiger partial charge in [0.15, 0.2) is 0 Å². The summed E-state index contributed by atoms with van der Waals surface area (Å²) in [5.41, 5.74) is 0.851. The maximum Gasteiger partial charge on any atom is 0.105 e. The standard InChI is InChI=1S/C20H38BNO/c1-14(2)19(5)11-16(21)7-6-8-18-17(19)9-10-22(15(3)4)20(18)12-23-13-20/h14-18H,6-13,21H2,1-5H3. The van der Waals surface area contributed by atoms with Gasteiger partial charge in [-0.25, -0.2) is 0 Å². The van der Waals surface area contributed by atoms with Crippen LogP contribution in [0.1, 0.15) is 66.7 Å². The molecule has 3 heteroatoms. The van der Waals surface area contributed by atoms with Crippen molar-refractivity contribution in [2.75, 3.05) is 19.8 Å². The second kappa shape index (κ2) is 6.37. The molecule has 0 N–H and O–H groups in total.